The maximum Gasteiger partial charge on any atom is 0.135 e. The summed E-state index contributed by atoms with van der Waals surface area (Å²) in [5, 5.41) is 2.28. The Labute approximate surface area is 413 Å². The molecule has 0 radical (unpaired) electrons. The van der Waals surface area contributed by atoms with Crippen LogP contribution in [-0.2, 0) is 37.3 Å². The molecule has 8 aromatic rings. The van der Waals surface area contributed by atoms with Crippen molar-refractivity contribution in [2.24, 2.45) is 0 Å². The summed E-state index contributed by atoms with van der Waals surface area (Å²) < 4.78 is 9.24. The molecular formula is C61H63N4OPt-3. The fourth-order valence-electron chi connectivity index (χ4n) is 9.46. The molecule has 9 rings (SSSR count). The van der Waals surface area contributed by atoms with Gasteiger partial charge in [-0.15, -0.1) is 48.3 Å². The van der Waals surface area contributed by atoms with E-state index < -0.39 is 5.41 Å². The molecule has 1 aliphatic rings. The molecule has 3 heterocycles. The van der Waals surface area contributed by atoms with Gasteiger partial charge in [-0.1, -0.05) is 173 Å². The van der Waals surface area contributed by atoms with Crippen LogP contribution in [-0.4, -0.2) is 9.55 Å². The van der Waals surface area contributed by atoms with Gasteiger partial charge in [0.1, 0.15) is 5.82 Å². The minimum Gasteiger partial charge on any atom is -0.509 e. The summed E-state index contributed by atoms with van der Waals surface area (Å²) in [6.45, 7) is 29.5. The Bertz CT molecular complexity index is 3080. The molecule has 0 unspecified atom stereocenters. The number of anilines is 2. The van der Waals surface area contributed by atoms with Crippen LogP contribution in [0.3, 0.4) is 0 Å². The number of ether oxygens (including phenoxy) is 1. The van der Waals surface area contributed by atoms with E-state index in [1.807, 2.05) is 12.3 Å². The van der Waals surface area contributed by atoms with Crippen LogP contribution in [0.5, 0.6) is 11.5 Å². The largest absolute Gasteiger partial charge is 0.509 e. The Balaban J connectivity index is 0.00000608. The van der Waals surface area contributed by atoms with E-state index in [-0.39, 0.29) is 31.9 Å². The van der Waals surface area contributed by atoms with Crippen LogP contribution in [0, 0.1) is 18.8 Å². The number of rotatable bonds is 10. The molecule has 6 heteroatoms. The molecule has 6 aromatic carbocycles. The van der Waals surface area contributed by atoms with Gasteiger partial charge in [0.2, 0.25) is 0 Å². The fourth-order valence-corrected chi connectivity index (χ4v) is 9.46. The Morgan fingerprint density at radius 2 is 1.24 bits per heavy atom. The van der Waals surface area contributed by atoms with Crippen LogP contribution >= 0.6 is 0 Å². The van der Waals surface area contributed by atoms with E-state index in [1.165, 1.54) is 33.4 Å². The fraction of sp³-hybridized carbons (Fsp3) is 0.279. The summed E-state index contributed by atoms with van der Waals surface area (Å²) in [5.74, 6) is 2.73. The Morgan fingerprint density at radius 3 is 1.93 bits per heavy atom. The van der Waals surface area contributed by atoms with Gasteiger partial charge in [0.15, 0.2) is 0 Å². The molecule has 0 saturated heterocycles. The monoisotopic (exact) mass is 1060 g/mol. The van der Waals surface area contributed by atoms with Crippen molar-refractivity contribution < 1.29 is 25.8 Å². The third-order valence-electron chi connectivity index (χ3n) is 13.3. The van der Waals surface area contributed by atoms with Crippen molar-refractivity contribution in [3.63, 3.8) is 0 Å². The predicted octanol–water partition coefficient (Wildman–Crippen LogP) is 16.2. The van der Waals surface area contributed by atoms with Gasteiger partial charge in [-0.05, 0) is 97.8 Å². The van der Waals surface area contributed by atoms with Crippen LogP contribution < -0.4 is 14.5 Å². The number of pyridine rings is 1. The van der Waals surface area contributed by atoms with Gasteiger partial charge in [-0.25, -0.2) is 4.98 Å². The molecule has 5 nitrogen and oxygen atoms in total. The van der Waals surface area contributed by atoms with Gasteiger partial charge in [0, 0.05) is 61.2 Å². The summed E-state index contributed by atoms with van der Waals surface area (Å²) >= 11 is 0. The SMILES string of the molecule is CC(C)c1cccc(C(C)C)c1C1=CN(c2[c-]c(Oc3[c-]c4c(c(C(C)(C)c5ccccc5)c3)c3ccccc3n4-c3cc(C(C)(C)C)ccn3)ccc2)[CH-]N1c1cccc(C(C)(C)C)c1.[Pt]. The summed E-state index contributed by atoms with van der Waals surface area (Å²) in [6, 6.07) is 55.3. The van der Waals surface area contributed by atoms with E-state index in [9.17, 15) is 0 Å². The number of benzene rings is 6. The van der Waals surface area contributed by atoms with Gasteiger partial charge in [0.25, 0.3) is 0 Å². The average Bonchev–Trinajstić information content (AvgIpc) is 3.89. The van der Waals surface area contributed by atoms with Crippen LogP contribution in [0.15, 0.2) is 146 Å². The van der Waals surface area contributed by atoms with E-state index in [4.69, 9.17) is 9.72 Å². The van der Waals surface area contributed by atoms with Crippen LogP contribution in [0.4, 0.5) is 11.4 Å². The minimum absolute atomic E-state index is 0. The molecule has 0 amide bonds. The first-order valence-corrected chi connectivity index (χ1v) is 23.5. The Morgan fingerprint density at radius 1 is 0.612 bits per heavy atom. The number of hydrogen-bond donors (Lipinski definition) is 0. The second kappa shape index (κ2) is 18.3. The van der Waals surface area contributed by atoms with E-state index >= 15 is 0 Å². The van der Waals surface area contributed by atoms with Crippen molar-refractivity contribution in [3.8, 4) is 17.3 Å². The molecule has 0 spiro atoms. The first kappa shape index (κ1) is 47.6. The maximum atomic E-state index is 6.98. The van der Waals surface area contributed by atoms with E-state index in [0.29, 0.717) is 23.3 Å². The number of hydrogen-bond acceptors (Lipinski definition) is 4. The predicted molar refractivity (Wildman–Crippen MR) is 277 cm³/mol. The van der Waals surface area contributed by atoms with Crippen LogP contribution in [0.25, 0.3) is 33.3 Å². The zero-order chi connectivity index (χ0) is 46.7. The van der Waals surface area contributed by atoms with Gasteiger partial charge in [0.05, 0.1) is 0 Å². The third-order valence-corrected chi connectivity index (χ3v) is 13.3. The Hall–Kier alpha value is -5.90. The van der Waals surface area contributed by atoms with Gasteiger partial charge < -0.3 is 19.1 Å². The first-order valence-electron chi connectivity index (χ1n) is 23.5. The molecule has 0 atom stereocenters. The quantitative estimate of drug-likeness (QED) is 0.128. The number of aromatic nitrogens is 2. The molecule has 1 aliphatic heterocycles. The molecule has 346 valence electrons. The molecule has 0 fully saturated rings. The summed E-state index contributed by atoms with van der Waals surface area (Å²) in [7, 11) is 0. The minimum atomic E-state index is -0.394. The topological polar surface area (TPSA) is 33.5 Å². The van der Waals surface area contributed by atoms with E-state index in [2.05, 4.69) is 250 Å². The molecule has 0 saturated carbocycles. The second-order valence-electron chi connectivity index (χ2n) is 21.1. The normalized spacial score (nSPS) is 13.5. The summed E-state index contributed by atoms with van der Waals surface area (Å²) in [5.41, 5.74) is 13.5. The van der Waals surface area contributed by atoms with Gasteiger partial charge in [-0.3, -0.25) is 0 Å². The zero-order valence-corrected chi connectivity index (χ0v) is 43.4. The smallest absolute Gasteiger partial charge is 0.135 e. The Kier molecular flexibility index (Phi) is 13.0. The van der Waals surface area contributed by atoms with Crippen molar-refractivity contribution in [1.82, 2.24) is 9.55 Å². The molecule has 0 N–H and O–H groups in total. The molecule has 0 aliphatic carbocycles. The van der Waals surface area contributed by atoms with Crippen LogP contribution in [0.2, 0.25) is 0 Å². The summed E-state index contributed by atoms with van der Waals surface area (Å²) in [4.78, 5) is 9.54. The van der Waals surface area contributed by atoms with Gasteiger partial charge >= 0.3 is 0 Å². The standard InChI is InChI=1S/C61H63N4O.Pt/c1-40(2)49-28-20-29-50(41(3)4)57(49)55-38-63(39-64(55)46-25-18-23-43(33-46)59(5,6)7)45-24-19-26-47(35-45)66-48-36-52(61(11,12)42-21-14-13-15-22-42)58-51-27-16-17-30-53(51)65(54(58)37-48)56-34-44(31-32-62-56)60(8,9)10;/h13-34,36,38-41H,1-12H3;/q-3;. The number of para-hydroxylation sites is 1. The molecule has 0 bridgehead atoms. The van der Waals surface area contributed by atoms with Gasteiger partial charge in [-0.2, -0.15) is 6.07 Å². The molecule has 2 aromatic heterocycles. The third kappa shape index (κ3) is 9.13. The zero-order valence-electron chi connectivity index (χ0n) is 41.1. The summed E-state index contributed by atoms with van der Waals surface area (Å²) in [6.07, 6.45) is 4.19. The maximum absolute atomic E-state index is 6.98. The number of nitrogens with zero attached hydrogens (tertiary/aromatic N) is 4. The van der Waals surface area contributed by atoms with Crippen molar-refractivity contribution in [2.45, 2.75) is 111 Å². The molecular weight excluding hydrogens is 1000 g/mol. The van der Waals surface area contributed by atoms with Crippen molar-refractivity contribution >= 4 is 38.9 Å². The van der Waals surface area contributed by atoms with E-state index in [1.54, 1.807) is 0 Å². The van der Waals surface area contributed by atoms with Crippen LogP contribution in [0.1, 0.15) is 134 Å². The average molecular weight is 1060 g/mol. The van der Waals surface area contributed by atoms with E-state index in [0.717, 1.165) is 50.3 Å². The first-order chi connectivity index (χ1) is 31.4. The van der Waals surface area contributed by atoms with Crippen molar-refractivity contribution in [2.75, 3.05) is 9.80 Å². The molecule has 67 heavy (non-hydrogen) atoms. The second-order valence-corrected chi connectivity index (χ2v) is 21.1. The number of fused-ring (bicyclic) bond motifs is 3. The van der Waals surface area contributed by atoms with Crippen molar-refractivity contribution in [3.05, 3.63) is 204 Å². The van der Waals surface area contributed by atoms with Crippen molar-refractivity contribution in [1.29, 1.82) is 0 Å².